The third-order valence-electron chi connectivity index (χ3n) is 5.64. The van der Waals surface area contributed by atoms with Gasteiger partial charge in [0.2, 0.25) is 0 Å². The fourth-order valence-electron chi connectivity index (χ4n) is 4.10. The molecule has 0 saturated carbocycles. The molecule has 0 amide bonds. The zero-order chi connectivity index (χ0) is 19.9. The first-order chi connectivity index (χ1) is 14.3. The summed E-state index contributed by atoms with van der Waals surface area (Å²) in [7, 11) is 0. The van der Waals surface area contributed by atoms with E-state index < -0.39 is 0 Å². The summed E-state index contributed by atoms with van der Waals surface area (Å²) in [4.78, 5) is 0. The van der Waals surface area contributed by atoms with Gasteiger partial charge in [-0.2, -0.15) is 0 Å². The van der Waals surface area contributed by atoms with Crippen molar-refractivity contribution in [3.63, 3.8) is 0 Å². The third-order valence-corrected chi connectivity index (χ3v) is 6.96. The van der Waals surface area contributed by atoms with E-state index in [1.54, 1.807) is 0 Å². The highest BCUT2D eigenvalue weighted by molar-refractivity contribution is 9.09. The van der Waals surface area contributed by atoms with Crippen molar-refractivity contribution >= 4 is 15.9 Å². The van der Waals surface area contributed by atoms with Crippen LogP contribution >= 0.6 is 15.9 Å². The highest BCUT2D eigenvalue weighted by Crippen LogP contribution is 2.45. The Balaban J connectivity index is 1.70. The third kappa shape index (κ3) is 4.52. The molecule has 0 heterocycles. The zero-order valence-corrected chi connectivity index (χ0v) is 18.0. The molecule has 0 radical (unpaired) electrons. The smallest absolute Gasteiger partial charge is 0.0749 e. The summed E-state index contributed by atoms with van der Waals surface area (Å²) < 4.78 is -0.211. The van der Waals surface area contributed by atoms with E-state index in [0.717, 1.165) is 12.8 Å². The maximum atomic E-state index is 4.18. The van der Waals surface area contributed by atoms with Gasteiger partial charge >= 0.3 is 0 Å². The van der Waals surface area contributed by atoms with E-state index in [0.29, 0.717) is 5.92 Å². The van der Waals surface area contributed by atoms with Gasteiger partial charge in [0.25, 0.3) is 0 Å². The van der Waals surface area contributed by atoms with Crippen molar-refractivity contribution in [1.82, 2.24) is 0 Å². The number of benzene rings is 4. The lowest BCUT2D eigenvalue weighted by Gasteiger charge is -2.31. The van der Waals surface area contributed by atoms with Crippen LogP contribution in [0.2, 0.25) is 0 Å². The molecular formula is C28H25Br. The molecule has 0 unspecified atom stereocenters. The van der Waals surface area contributed by atoms with Crippen molar-refractivity contribution in [2.45, 2.75) is 23.1 Å². The Morgan fingerprint density at radius 1 is 0.517 bits per heavy atom. The van der Waals surface area contributed by atoms with Crippen LogP contribution in [0.1, 0.15) is 41.0 Å². The highest BCUT2D eigenvalue weighted by Gasteiger charge is 2.32. The van der Waals surface area contributed by atoms with Gasteiger partial charge in [-0.25, -0.2) is 0 Å². The van der Waals surface area contributed by atoms with Gasteiger partial charge < -0.3 is 0 Å². The van der Waals surface area contributed by atoms with Crippen LogP contribution in [0.4, 0.5) is 0 Å². The molecule has 0 nitrogen and oxygen atoms in total. The summed E-state index contributed by atoms with van der Waals surface area (Å²) in [6.07, 6.45) is 2.04. The Hall–Kier alpha value is -2.64. The van der Waals surface area contributed by atoms with Crippen molar-refractivity contribution in [2.75, 3.05) is 0 Å². The molecule has 0 fully saturated rings. The van der Waals surface area contributed by atoms with Gasteiger partial charge in [-0.15, -0.1) is 0 Å². The van der Waals surface area contributed by atoms with Crippen molar-refractivity contribution in [1.29, 1.82) is 0 Å². The number of hydrogen-bond acceptors (Lipinski definition) is 0. The van der Waals surface area contributed by atoms with Gasteiger partial charge in [0, 0.05) is 5.92 Å². The van der Waals surface area contributed by atoms with Crippen molar-refractivity contribution < 1.29 is 0 Å². The summed E-state index contributed by atoms with van der Waals surface area (Å²) in [6.45, 7) is 0. The number of rotatable bonds is 7. The Morgan fingerprint density at radius 3 is 1.24 bits per heavy atom. The van der Waals surface area contributed by atoms with Gasteiger partial charge in [-0.05, 0) is 35.1 Å². The van der Waals surface area contributed by atoms with E-state index in [1.807, 2.05) is 0 Å². The quantitative estimate of drug-likeness (QED) is 0.255. The fourth-order valence-corrected chi connectivity index (χ4v) is 4.86. The molecule has 4 aromatic carbocycles. The lowest BCUT2D eigenvalue weighted by Crippen LogP contribution is -2.21. The van der Waals surface area contributed by atoms with E-state index >= 15 is 0 Å². The van der Waals surface area contributed by atoms with E-state index in [2.05, 4.69) is 137 Å². The molecular weight excluding hydrogens is 416 g/mol. The topological polar surface area (TPSA) is 0 Å². The molecule has 0 aliphatic rings. The SMILES string of the molecule is BrC(CCC(c1ccccc1)c1ccccc1)(c1ccccc1)c1ccccc1. The average molecular weight is 441 g/mol. The van der Waals surface area contributed by atoms with Gasteiger partial charge in [0.15, 0.2) is 0 Å². The molecule has 0 saturated heterocycles. The second-order valence-electron chi connectivity index (χ2n) is 7.45. The van der Waals surface area contributed by atoms with Crippen molar-refractivity contribution in [2.24, 2.45) is 0 Å². The minimum Gasteiger partial charge on any atom is -0.0749 e. The van der Waals surface area contributed by atoms with Gasteiger partial charge in [0.1, 0.15) is 0 Å². The minimum atomic E-state index is -0.211. The predicted molar refractivity (Wildman–Crippen MR) is 127 cm³/mol. The van der Waals surface area contributed by atoms with Crippen molar-refractivity contribution in [3.8, 4) is 0 Å². The second-order valence-corrected chi connectivity index (χ2v) is 8.80. The molecule has 0 aromatic heterocycles. The lowest BCUT2D eigenvalue weighted by molar-refractivity contribution is 0.586. The van der Waals surface area contributed by atoms with Crippen LogP contribution in [0.25, 0.3) is 0 Å². The summed E-state index contributed by atoms with van der Waals surface area (Å²) in [5.74, 6) is 0.363. The van der Waals surface area contributed by atoms with Crippen LogP contribution in [0.15, 0.2) is 121 Å². The number of alkyl halides is 1. The molecule has 0 N–H and O–H groups in total. The van der Waals surface area contributed by atoms with Crippen LogP contribution in [0, 0.1) is 0 Å². The lowest BCUT2D eigenvalue weighted by atomic mass is 9.81. The molecule has 144 valence electrons. The van der Waals surface area contributed by atoms with Gasteiger partial charge in [-0.1, -0.05) is 137 Å². The second kappa shape index (κ2) is 9.24. The Bertz CT molecular complexity index is 916. The molecule has 1 heteroatoms. The molecule has 0 atom stereocenters. The first-order valence-corrected chi connectivity index (χ1v) is 11.0. The van der Waals surface area contributed by atoms with Gasteiger partial charge in [-0.3, -0.25) is 0 Å². The van der Waals surface area contributed by atoms with Crippen LogP contribution in [0.3, 0.4) is 0 Å². The largest absolute Gasteiger partial charge is 0.0755 e. The summed E-state index contributed by atoms with van der Waals surface area (Å²) in [5.41, 5.74) is 5.33. The van der Waals surface area contributed by atoms with Crippen LogP contribution in [0.5, 0.6) is 0 Å². The van der Waals surface area contributed by atoms with Crippen LogP contribution in [-0.4, -0.2) is 0 Å². The normalized spacial score (nSPS) is 11.5. The highest BCUT2D eigenvalue weighted by atomic mass is 79.9. The Labute approximate surface area is 182 Å². The van der Waals surface area contributed by atoms with Crippen LogP contribution in [-0.2, 0) is 4.32 Å². The average Bonchev–Trinajstić information content (AvgIpc) is 2.81. The van der Waals surface area contributed by atoms with Crippen molar-refractivity contribution in [3.05, 3.63) is 144 Å². The zero-order valence-electron chi connectivity index (χ0n) is 16.4. The Morgan fingerprint density at radius 2 is 0.862 bits per heavy atom. The fraction of sp³-hybridized carbons (Fsp3) is 0.143. The summed E-state index contributed by atoms with van der Waals surface area (Å²) >= 11 is 4.18. The maximum absolute atomic E-state index is 4.18. The molecule has 4 rings (SSSR count). The van der Waals surface area contributed by atoms with Gasteiger partial charge in [0.05, 0.1) is 4.32 Å². The molecule has 29 heavy (non-hydrogen) atoms. The predicted octanol–water partition coefficient (Wildman–Crippen LogP) is 7.94. The maximum Gasteiger partial charge on any atom is 0.0755 e. The first-order valence-electron chi connectivity index (χ1n) is 10.2. The van der Waals surface area contributed by atoms with E-state index in [9.17, 15) is 0 Å². The number of hydrogen-bond donors (Lipinski definition) is 0. The van der Waals surface area contributed by atoms with Crippen LogP contribution < -0.4 is 0 Å². The summed E-state index contributed by atoms with van der Waals surface area (Å²) in [6, 6.07) is 43.3. The first kappa shape index (κ1) is 19.7. The molecule has 0 bridgehead atoms. The minimum absolute atomic E-state index is 0.211. The van der Waals surface area contributed by atoms with E-state index in [-0.39, 0.29) is 4.32 Å². The monoisotopic (exact) mass is 440 g/mol. The summed E-state index contributed by atoms with van der Waals surface area (Å²) in [5, 5.41) is 0. The Kier molecular flexibility index (Phi) is 6.27. The molecule has 0 spiro atoms. The number of halogens is 1. The standard InChI is InChI=1S/C28H25Br/c29-28(25-17-9-3-10-18-25,26-19-11-4-12-20-26)22-21-27(23-13-5-1-6-14-23)24-15-7-2-8-16-24/h1-20,27H,21-22H2. The molecule has 0 aliphatic heterocycles. The molecule has 4 aromatic rings. The molecule has 0 aliphatic carbocycles. The van der Waals surface area contributed by atoms with E-state index in [4.69, 9.17) is 0 Å². The van der Waals surface area contributed by atoms with E-state index in [1.165, 1.54) is 22.3 Å².